The van der Waals surface area contributed by atoms with Crippen LogP contribution in [0.4, 0.5) is 11.4 Å². The molecule has 124 valence electrons. The number of nitrogen functional groups attached to an aromatic ring is 2. The van der Waals surface area contributed by atoms with Gasteiger partial charge in [-0.05, 0) is 127 Å². The normalized spacial score (nSPS) is 11.0. The zero-order chi connectivity index (χ0) is 17.6. The Labute approximate surface area is 199 Å². The van der Waals surface area contributed by atoms with Gasteiger partial charge in [-0.2, -0.15) is 0 Å². The van der Waals surface area contributed by atoms with Crippen LogP contribution in [0.5, 0.6) is 11.5 Å². The standard InChI is InChI=1S/C12H4Br8N2O/c13-1-5(17)11(6(18)2(14)9(1)21)23-12-7(19)3(15)10(22)4(16)8(12)20/h21-22H2. The first-order chi connectivity index (χ1) is 10.6. The van der Waals surface area contributed by atoms with E-state index in [0.717, 1.165) is 0 Å². The van der Waals surface area contributed by atoms with Crippen molar-refractivity contribution in [3.05, 3.63) is 35.8 Å². The largest absolute Gasteiger partial charge is 0.452 e. The SMILES string of the molecule is Nc1c(Br)c(Br)c(Oc2c(Br)c(Br)c(N)c(Br)c2Br)c(Br)c1Br. The van der Waals surface area contributed by atoms with Crippen LogP contribution in [-0.4, -0.2) is 0 Å². The van der Waals surface area contributed by atoms with Crippen LogP contribution >= 0.6 is 127 Å². The summed E-state index contributed by atoms with van der Waals surface area (Å²) in [5.41, 5.74) is 13.1. The van der Waals surface area contributed by atoms with Crippen molar-refractivity contribution in [2.75, 3.05) is 11.5 Å². The molecule has 2 aromatic carbocycles. The molecular weight excluding hydrogens is 827 g/mol. The molecule has 0 fully saturated rings. The smallest absolute Gasteiger partial charge is 0.158 e. The number of ether oxygens (including phenoxy) is 1. The van der Waals surface area contributed by atoms with Gasteiger partial charge in [0, 0.05) is 0 Å². The maximum absolute atomic E-state index is 6.12. The van der Waals surface area contributed by atoms with Gasteiger partial charge in [0.15, 0.2) is 11.5 Å². The highest BCUT2D eigenvalue weighted by Gasteiger charge is 2.24. The summed E-state index contributed by atoms with van der Waals surface area (Å²) in [5.74, 6) is 1.09. The predicted molar refractivity (Wildman–Crippen MR) is 123 cm³/mol. The number of halogens is 8. The molecule has 4 N–H and O–H groups in total. The van der Waals surface area contributed by atoms with Gasteiger partial charge in [0.05, 0.1) is 47.2 Å². The third kappa shape index (κ3) is 3.86. The van der Waals surface area contributed by atoms with Gasteiger partial charge in [-0.25, -0.2) is 0 Å². The molecule has 2 aromatic rings. The van der Waals surface area contributed by atoms with Crippen LogP contribution in [0.25, 0.3) is 0 Å². The highest BCUT2D eigenvalue weighted by molar-refractivity contribution is 9.14. The van der Waals surface area contributed by atoms with E-state index in [-0.39, 0.29) is 0 Å². The summed E-state index contributed by atoms with van der Waals surface area (Å²) in [6.07, 6.45) is 0. The van der Waals surface area contributed by atoms with Crippen LogP contribution in [0.15, 0.2) is 35.8 Å². The molecule has 0 aliphatic carbocycles. The van der Waals surface area contributed by atoms with E-state index < -0.39 is 0 Å². The second-order valence-corrected chi connectivity index (χ2v) is 10.4. The summed E-state index contributed by atoms with van der Waals surface area (Å²) < 4.78 is 11.5. The first-order valence-electron chi connectivity index (χ1n) is 5.50. The predicted octanol–water partition coefficient (Wildman–Crippen LogP) is 8.74. The lowest BCUT2D eigenvalue weighted by Gasteiger charge is -2.18. The summed E-state index contributed by atoms with van der Waals surface area (Å²) in [6, 6.07) is 0. The Morgan fingerprint density at radius 2 is 0.652 bits per heavy atom. The fourth-order valence-corrected chi connectivity index (χ4v) is 6.09. The van der Waals surface area contributed by atoms with Gasteiger partial charge in [-0.3, -0.25) is 0 Å². The summed E-state index contributed by atoms with van der Waals surface area (Å²) in [4.78, 5) is 0. The maximum atomic E-state index is 6.12. The molecule has 0 unspecified atom stereocenters. The monoisotopic (exact) mass is 823 g/mol. The second-order valence-electron chi connectivity index (χ2n) is 4.10. The molecule has 0 heterocycles. The number of rotatable bonds is 2. The molecule has 0 aromatic heterocycles. The second kappa shape index (κ2) is 8.14. The summed E-state index contributed by atoms with van der Waals surface area (Å²) >= 11 is 27.7. The van der Waals surface area contributed by atoms with Crippen LogP contribution in [0, 0.1) is 0 Å². The van der Waals surface area contributed by atoms with Gasteiger partial charge < -0.3 is 16.2 Å². The third-order valence-electron chi connectivity index (χ3n) is 2.72. The van der Waals surface area contributed by atoms with Crippen LogP contribution < -0.4 is 16.2 Å². The van der Waals surface area contributed by atoms with Gasteiger partial charge in [-0.15, -0.1) is 0 Å². The van der Waals surface area contributed by atoms with E-state index in [4.69, 9.17) is 16.2 Å². The average Bonchev–Trinajstić information content (AvgIpc) is 2.54. The fourth-order valence-electron chi connectivity index (χ4n) is 1.54. The zero-order valence-electron chi connectivity index (χ0n) is 10.6. The van der Waals surface area contributed by atoms with Crippen LogP contribution in [0.3, 0.4) is 0 Å². The number of nitrogens with two attached hydrogens (primary N) is 2. The molecule has 0 aliphatic rings. The van der Waals surface area contributed by atoms with Crippen molar-refractivity contribution in [2.24, 2.45) is 0 Å². The van der Waals surface area contributed by atoms with Gasteiger partial charge in [0.1, 0.15) is 0 Å². The lowest BCUT2D eigenvalue weighted by Crippen LogP contribution is -1.98. The minimum absolute atomic E-state index is 0.544. The van der Waals surface area contributed by atoms with Crippen LogP contribution in [-0.2, 0) is 0 Å². The van der Waals surface area contributed by atoms with Crippen molar-refractivity contribution in [1.29, 1.82) is 0 Å². The Kier molecular flexibility index (Phi) is 7.43. The summed E-state index contributed by atoms with van der Waals surface area (Å²) in [7, 11) is 0. The number of hydrogen-bond acceptors (Lipinski definition) is 3. The van der Waals surface area contributed by atoms with E-state index in [2.05, 4.69) is 127 Å². The molecule has 0 saturated heterocycles. The number of benzene rings is 2. The topological polar surface area (TPSA) is 61.3 Å². The van der Waals surface area contributed by atoms with Gasteiger partial charge in [0.2, 0.25) is 0 Å². The van der Waals surface area contributed by atoms with Gasteiger partial charge in [-0.1, -0.05) is 0 Å². The van der Waals surface area contributed by atoms with E-state index in [1.807, 2.05) is 0 Å². The van der Waals surface area contributed by atoms with Crippen molar-refractivity contribution < 1.29 is 4.74 Å². The lowest BCUT2D eigenvalue weighted by molar-refractivity contribution is 0.469. The molecule has 0 radical (unpaired) electrons. The maximum Gasteiger partial charge on any atom is 0.158 e. The van der Waals surface area contributed by atoms with Gasteiger partial charge >= 0.3 is 0 Å². The quantitative estimate of drug-likeness (QED) is 0.235. The van der Waals surface area contributed by atoms with Crippen molar-refractivity contribution in [1.82, 2.24) is 0 Å². The number of hydrogen-bond donors (Lipinski definition) is 2. The van der Waals surface area contributed by atoms with E-state index in [9.17, 15) is 0 Å². The minimum Gasteiger partial charge on any atom is -0.452 e. The Morgan fingerprint density at radius 3 is 0.870 bits per heavy atom. The van der Waals surface area contributed by atoms with E-state index in [0.29, 0.717) is 58.7 Å². The van der Waals surface area contributed by atoms with Crippen LogP contribution in [0.1, 0.15) is 0 Å². The molecule has 0 amide bonds. The Hall–Kier alpha value is 1.68. The summed E-state index contributed by atoms with van der Waals surface area (Å²) in [5, 5.41) is 0. The first kappa shape index (κ1) is 21.0. The van der Waals surface area contributed by atoms with E-state index in [1.165, 1.54) is 0 Å². The Bertz CT molecular complexity index is 698. The Balaban J connectivity index is 2.71. The van der Waals surface area contributed by atoms with Crippen molar-refractivity contribution in [3.8, 4) is 11.5 Å². The molecule has 0 aliphatic heterocycles. The molecule has 2 rings (SSSR count). The molecule has 0 saturated carbocycles. The molecule has 3 nitrogen and oxygen atoms in total. The van der Waals surface area contributed by atoms with E-state index in [1.54, 1.807) is 0 Å². The number of anilines is 2. The molecule has 0 bridgehead atoms. The molecule has 0 atom stereocenters. The zero-order valence-corrected chi connectivity index (χ0v) is 23.3. The average molecular weight is 831 g/mol. The molecule has 0 spiro atoms. The third-order valence-corrected chi connectivity index (χ3v) is 11.2. The molecule has 11 heteroatoms. The van der Waals surface area contributed by atoms with Gasteiger partial charge in [0.25, 0.3) is 0 Å². The lowest BCUT2D eigenvalue weighted by atomic mass is 10.3. The van der Waals surface area contributed by atoms with Crippen molar-refractivity contribution >= 4 is 139 Å². The van der Waals surface area contributed by atoms with Crippen LogP contribution in [0.2, 0.25) is 0 Å². The first-order valence-corrected chi connectivity index (χ1v) is 11.8. The highest BCUT2D eigenvalue weighted by atomic mass is 79.9. The molecular formula is C12H4Br8N2O. The van der Waals surface area contributed by atoms with Crippen molar-refractivity contribution in [3.63, 3.8) is 0 Å². The fraction of sp³-hybridized carbons (Fsp3) is 0. The highest BCUT2D eigenvalue weighted by Crippen LogP contribution is 2.53. The Morgan fingerprint density at radius 1 is 0.435 bits per heavy atom. The summed E-state index contributed by atoms with van der Waals surface area (Å²) in [6.45, 7) is 0. The van der Waals surface area contributed by atoms with Crippen molar-refractivity contribution in [2.45, 2.75) is 0 Å². The molecule has 23 heavy (non-hydrogen) atoms. The van der Waals surface area contributed by atoms with E-state index >= 15 is 0 Å². The minimum atomic E-state index is 0.544.